The second-order valence-electron chi connectivity index (χ2n) is 5.82. The van der Waals surface area contributed by atoms with E-state index in [1.54, 1.807) is 12.1 Å². The van der Waals surface area contributed by atoms with E-state index in [-0.39, 0.29) is 17.1 Å². The summed E-state index contributed by atoms with van der Waals surface area (Å²) in [5.74, 6) is -0.563. The summed E-state index contributed by atoms with van der Waals surface area (Å²) in [7, 11) is 0. The Morgan fingerprint density at radius 3 is 2.60 bits per heavy atom. The van der Waals surface area contributed by atoms with Crippen LogP contribution in [0.5, 0.6) is 0 Å². The first-order chi connectivity index (χ1) is 11.9. The first-order valence-corrected chi connectivity index (χ1v) is 7.61. The number of halogens is 3. The van der Waals surface area contributed by atoms with Crippen LogP contribution in [-0.2, 0) is 6.18 Å². The molecule has 128 valence electrons. The van der Waals surface area contributed by atoms with Crippen molar-refractivity contribution in [2.24, 2.45) is 0 Å². The predicted octanol–water partition coefficient (Wildman–Crippen LogP) is 3.27. The maximum atomic E-state index is 13.3. The average molecular weight is 347 g/mol. The molecule has 3 aromatic rings. The van der Waals surface area contributed by atoms with Crippen LogP contribution in [0.25, 0.3) is 5.65 Å². The molecule has 9 heteroatoms. The van der Waals surface area contributed by atoms with Gasteiger partial charge in [-0.3, -0.25) is 9.78 Å². The van der Waals surface area contributed by atoms with Gasteiger partial charge in [0.1, 0.15) is 11.3 Å². The zero-order valence-corrected chi connectivity index (χ0v) is 12.8. The molecule has 1 aliphatic carbocycles. The van der Waals surface area contributed by atoms with Gasteiger partial charge in [0, 0.05) is 29.7 Å². The summed E-state index contributed by atoms with van der Waals surface area (Å²) in [5.41, 5.74) is -0.206. The number of carbonyl (C=O) groups is 1. The average Bonchev–Trinajstić information content (AvgIpc) is 3.33. The third-order valence-corrected chi connectivity index (χ3v) is 3.96. The molecule has 0 atom stereocenters. The molecule has 0 aromatic carbocycles. The molecule has 4 rings (SSSR count). The number of fused-ring (bicyclic) bond motifs is 1. The highest BCUT2D eigenvalue weighted by molar-refractivity contribution is 6.08. The second-order valence-corrected chi connectivity index (χ2v) is 5.82. The van der Waals surface area contributed by atoms with E-state index in [9.17, 15) is 18.0 Å². The van der Waals surface area contributed by atoms with Crippen LogP contribution < -0.4 is 5.32 Å². The van der Waals surface area contributed by atoms with Crippen molar-refractivity contribution in [1.82, 2.24) is 19.6 Å². The highest BCUT2D eigenvalue weighted by Gasteiger charge is 2.37. The molecular weight excluding hydrogens is 335 g/mol. The SMILES string of the molecule is O=C(Nc1ccncc1)c1cnn2c(C(F)(F)F)cc(C3CC3)nc12. The lowest BCUT2D eigenvalue weighted by atomic mass is 10.2. The van der Waals surface area contributed by atoms with Crippen LogP contribution in [-0.4, -0.2) is 25.5 Å². The van der Waals surface area contributed by atoms with Gasteiger partial charge in [-0.15, -0.1) is 0 Å². The summed E-state index contributed by atoms with van der Waals surface area (Å²) in [6.45, 7) is 0. The highest BCUT2D eigenvalue weighted by Crippen LogP contribution is 2.41. The smallest absolute Gasteiger partial charge is 0.322 e. The van der Waals surface area contributed by atoms with Gasteiger partial charge in [-0.05, 0) is 31.0 Å². The van der Waals surface area contributed by atoms with E-state index < -0.39 is 17.8 Å². The van der Waals surface area contributed by atoms with Crippen molar-refractivity contribution in [1.29, 1.82) is 0 Å². The molecule has 1 fully saturated rings. The van der Waals surface area contributed by atoms with Crippen molar-refractivity contribution in [3.63, 3.8) is 0 Å². The highest BCUT2D eigenvalue weighted by atomic mass is 19.4. The summed E-state index contributed by atoms with van der Waals surface area (Å²) in [6.07, 6.45) is 1.11. The molecule has 0 aliphatic heterocycles. The number of amides is 1. The maximum Gasteiger partial charge on any atom is 0.433 e. The molecule has 0 spiro atoms. The molecule has 6 nitrogen and oxygen atoms in total. The molecule has 1 N–H and O–H groups in total. The fraction of sp³-hybridized carbons (Fsp3) is 0.250. The molecule has 3 heterocycles. The van der Waals surface area contributed by atoms with Crippen molar-refractivity contribution in [2.75, 3.05) is 5.32 Å². The van der Waals surface area contributed by atoms with Crippen molar-refractivity contribution < 1.29 is 18.0 Å². The Hall–Kier alpha value is -2.97. The quantitative estimate of drug-likeness (QED) is 0.789. The van der Waals surface area contributed by atoms with Gasteiger partial charge in [-0.25, -0.2) is 9.50 Å². The molecule has 1 amide bonds. The second kappa shape index (κ2) is 5.54. The Bertz CT molecular complexity index is 948. The molecule has 0 bridgehead atoms. The number of rotatable bonds is 3. The zero-order chi connectivity index (χ0) is 17.6. The molecule has 0 unspecified atom stereocenters. The Morgan fingerprint density at radius 2 is 1.96 bits per heavy atom. The first-order valence-electron chi connectivity index (χ1n) is 7.61. The van der Waals surface area contributed by atoms with Gasteiger partial charge in [-0.1, -0.05) is 0 Å². The van der Waals surface area contributed by atoms with Crippen molar-refractivity contribution in [3.8, 4) is 0 Å². The number of aromatic nitrogens is 4. The van der Waals surface area contributed by atoms with Crippen LogP contribution >= 0.6 is 0 Å². The summed E-state index contributed by atoms with van der Waals surface area (Å²) < 4.78 is 40.7. The molecule has 0 radical (unpaired) electrons. The number of nitrogens with zero attached hydrogens (tertiary/aromatic N) is 4. The van der Waals surface area contributed by atoms with Gasteiger partial charge in [0.25, 0.3) is 5.91 Å². The van der Waals surface area contributed by atoms with Gasteiger partial charge < -0.3 is 5.32 Å². The van der Waals surface area contributed by atoms with Gasteiger partial charge in [0.15, 0.2) is 5.65 Å². The lowest BCUT2D eigenvalue weighted by Crippen LogP contribution is -2.16. The Balaban J connectivity index is 1.80. The largest absolute Gasteiger partial charge is 0.433 e. The third kappa shape index (κ3) is 2.92. The number of nitrogens with one attached hydrogen (secondary N) is 1. The minimum Gasteiger partial charge on any atom is -0.322 e. The number of hydrogen-bond acceptors (Lipinski definition) is 4. The standard InChI is InChI=1S/C16H12F3N5O/c17-16(18,19)13-7-12(9-1-2-9)23-14-11(8-21-24(13)14)15(25)22-10-3-5-20-6-4-10/h3-9H,1-2H2,(H,20,22,25). The summed E-state index contributed by atoms with van der Waals surface area (Å²) in [5, 5.41) is 6.34. The summed E-state index contributed by atoms with van der Waals surface area (Å²) >= 11 is 0. The number of hydrogen-bond donors (Lipinski definition) is 1. The fourth-order valence-electron chi connectivity index (χ4n) is 2.57. The van der Waals surface area contributed by atoms with E-state index in [1.165, 1.54) is 12.4 Å². The summed E-state index contributed by atoms with van der Waals surface area (Å²) in [4.78, 5) is 20.5. The predicted molar refractivity (Wildman–Crippen MR) is 82.2 cm³/mol. The van der Waals surface area contributed by atoms with Crippen LogP contribution in [0.15, 0.2) is 36.8 Å². The van der Waals surface area contributed by atoms with Crippen LogP contribution in [0.1, 0.15) is 40.5 Å². The fourth-order valence-corrected chi connectivity index (χ4v) is 2.57. The summed E-state index contributed by atoms with van der Waals surface area (Å²) in [6, 6.07) is 4.17. The maximum absolute atomic E-state index is 13.3. The Morgan fingerprint density at radius 1 is 1.24 bits per heavy atom. The van der Waals surface area contributed by atoms with Gasteiger partial charge in [0.05, 0.1) is 6.20 Å². The normalized spacial score (nSPS) is 14.7. The Kier molecular flexibility index (Phi) is 3.45. The molecule has 1 saturated carbocycles. The topological polar surface area (TPSA) is 72.2 Å². The van der Waals surface area contributed by atoms with E-state index in [2.05, 4.69) is 20.4 Å². The van der Waals surface area contributed by atoms with E-state index in [0.29, 0.717) is 15.9 Å². The van der Waals surface area contributed by atoms with Crippen LogP contribution in [0.3, 0.4) is 0 Å². The number of carbonyl (C=O) groups excluding carboxylic acids is 1. The lowest BCUT2D eigenvalue weighted by Gasteiger charge is -2.11. The number of alkyl halides is 3. The van der Waals surface area contributed by atoms with E-state index in [1.807, 2.05) is 0 Å². The van der Waals surface area contributed by atoms with Crippen LogP contribution in [0, 0.1) is 0 Å². The lowest BCUT2D eigenvalue weighted by molar-refractivity contribution is -0.142. The zero-order valence-electron chi connectivity index (χ0n) is 12.8. The van der Waals surface area contributed by atoms with Gasteiger partial charge in [-0.2, -0.15) is 18.3 Å². The van der Waals surface area contributed by atoms with Crippen LogP contribution in [0.2, 0.25) is 0 Å². The van der Waals surface area contributed by atoms with E-state index >= 15 is 0 Å². The monoisotopic (exact) mass is 347 g/mol. The molecule has 0 saturated heterocycles. The van der Waals surface area contributed by atoms with Gasteiger partial charge in [0.2, 0.25) is 0 Å². The third-order valence-electron chi connectivity index (χ3n) is 3.96. The molecular formula is C16H12F3N5O. The minimum atomic E-state index is -4.59. The molecule has 1 aliphatic rings. The van der Waals surface area contributed by atoms with Gasteiger partial charge >= 0.3 is 6.18 Å². The van der Waals surface area contributed by atoms with Crippen molar-refractivity contribution in [3.05, 3.63) is 53.7 Å². The van der Waals surface area contributed by atoms with E-state index in [0.717, 1.165) is 25.1 Å². The Labute approximate surface area is 139 Å². The minimum absolute atomic E-state index is 0.00943. The van der Waals surface area contributed by atoms with Crippen molar-refractivity contribution >= 4 is 17.2 Å². The number of pyridine rings is 1. The van der Waals surface area contributed by atoms with E-state index in [4.69, 9.17) is 0 Å². The van der Waals surface area contributed by atoms with Crippen LogP contribution in [0.4, 0.5) is 18.9 Å². The number of anilines is 1. The molecule has 25 heavy (non-hydrogen) atoms. The molecule has 3 aromatic heterocycles. The first kappa shape index (κ1) is 15.6. The van der Waals surface area contributed by atoms with Crippen molar-refractivity contribution in [2.45, 2.75) is 24.9 Å².